The second-order valence-electron chi connectivity index (χ2n) is 12.8. The van der Waals surface area contributed by atoms with Crippen LogP contribution in [0, 0.1) is 0 Å². The molecule has 2 atom stereocenters. The van der Waals surface area contributed by atoms with Crippen LogP contribution in [0.4, 0.5) is 0 Å². The van der Waals surface area contributed by atoms with Gasteiger partial charge in [0.2, 0.25) is 0 Å². The van der Waals surface area contributed by atoms with Gasteiger partial charge in [0, 0.05) is 89.0 Å². The first-order chi connectivity index (χ1) is 25.2. The number of hydrogen-bond acceptors (Lipinski definition) is 6. The van der Waals surface area contributed by atoms with Crippen LogP contribution >= 0.6 is 34.0 Å². The molecule has 6 heteroatoms. The molecule has 1 unspecified atom stereocenters. The van der Waals surface area contributed by atoms with E-state index in [1.807, 2.05) is 58.4 Å². The maximum atomic E-state index is 6.83. The lowest BCUT2D eigenvalue weighted by Crippen LogP contribution is -2.31. The van der Waals surface area contributed by atoms with E-state index < -0.39 is 6.17 Å². The summed E-state index contributed by atoms with van der Waals surface area (Å²) >= 11 is 5.56. The fraction of sp³-hybridized carbons (Fsp3) is 0.0444. The standard InChI is InChI=1S/C45H31N3S3/c46-44(27-12-2-1-3-13-27)48-45(36-22-11-25-39-40(36)35-16-5-7-24-38(35)49-39)47-26-28-14-8-17-31-32-19-10-21-34(43(32)51-41(28)31)33-20-9-18-30-29-15-4-6-23-37(29)50-42(30)33/h1-26,44-45,48H,46H2/b47-26+/t44-,45?/m0/s1. The lowest BCUT2D eigenvalue weighted by molar-refractivity contribution is 0.469. The van der Waals surface area contributed by atoms with Gasteiger partial charge in [-0.2, -0.15) is 0 Å². The number of nitrogens with zero attached hydrogens (tertiary/aromatic N) is 1. The Morgan fingerprint density at radius 2 is 1.06 bits per heavy atom. The Hall–Kier alpha value is -5.21. The summed E-state index contributed by atoms with van der Waals surface area (Å²) in [6.07, 6.45) is 1.29. The molecule has 0 fully saturated rings. The Morgan fingerprint density at radius 3 is 1.84 bits per heavy atom. The van der Waals surface area contributed by atoms with Gasteiger partial charge in [0.05, 0.1) is 6.17 Å². The molecule has 3 nitrogen and oxygen atoms in total. The van der Waals surface area contributed by atoms with Gasteiger partial charge in [0.1, 0.15) is 6.17 Å². The number of hydrogen-bond donors (Lipinski definition) is 2. The average molecular weight is 710 g/mol. The topological polar surface area (TPSA) is 50.4 Å². The van der Waals surface area contributed by atoms with E-state index >= 15 is 0 Å². The molecule has 0 aliphatic carbocycles. The molecular formula is C45H31N3S3. The van der Waals surface area contributed by atoms with E-state index in [1.54, 1.807) is 0 Å². The van der Waals surface area contributed by atoms with Crippen molar-refractivity contribution >= 4 is 101 Å². The van der Waals surface area contributed by atoms with Crippen molar-refractivity contribution in [3.05, 3.63) is 168 Å². The van der Waals surface area contributed by atoms with Crippen LogP contribution in [-0.4, -0.2) is 6.21 Å². The van der Waals surface area contributed by atoms with Crippen LogP contribution in [0.3, 0.4) is 0 Å². The molecule has 3 heterocycles. The van der Waals surface area contributed by atoms with Crippen LogP contribution in [0.25, 0.3) is 71.6 Å². The van der Waals surface area contributed by atoms with Crippen LogP contribution in [-0.2, 0) is 0 Å². The monoisotopic (exact) mass is 709 g/mol. The predicted octanol–water partition coefficient (Wildman–Crippen LogP) is 12.8. The first-order valence-electron chi connectivity index (χ1n) is 17.1. The van der Waals surface area contributed by atoms with Crippen molar-refractivity contribution in [1.82, 2.24) is 5.32 Å². The molecule has 0 radical (unpaired) electrons. The van der Waals surface area contributed by atoms with Gasteiger partial charge in [-0.3, -0.25) is 10.3 Å². The van der Waals surface area contributed by atoms with Crippen molar-refractivity contribution in [3.63, 3.8) is 0 Å². The highest BCUT2D eigenvalue weighted by atomic mass is 32.1. The number of rotatable bonds is 7. The van der Waals surface area contributed by atoms with Gasteiger partial charge >= 0.3 is 0 Å². The number of fused-ring (bicyclic) bond motifs is 9. The Balaban J connectivity index is 1.12. The number of aliphatic imine (C=N–C) groups is 1. The summed E-state index contributed by atoms with van der Waals surface area (Å²) in [6.45, 7) is 0. The van der Waals surface area contributed by atoms with Crippen LogP contribution in [0.5, 0.6) is 0 Å². The maximum absolute atomic E-state index is 6.83. The third-order valence-electron chi connectivity index (χ3n) is 9.84. The van der Waals surface area contributed by atoms with E-state index in [2.05, 4.69) is 139 Å². The van der Waals surface area contributed by atoms with Crippen molar-refractivity contribution in [3.8, 4) is 11.1 Å². The Labute approximate surface area is 306 Å². The summed E-state index contributed by atoms with van der Waals surface area (Å²) in [4.78, 5) is 5.33. The largest absolute Gasteiger partial charge is 0.312 e. The highest BCUT2D eigenvalue weighted by Gasteiger charge is 2.20. The van der Waals surface area contributed by atoms with Crippen LogP contribution in [0.1, 0.15) is 29.0 Å². The molecule has 10 rings (SSSR count). The van der Waals surface area contributed by atoms with E-state index in [0.717, 1.165) is 16.7 Å². The fourth-order valence-electron chi connectivity index (χ4n) is 7.44. The van der Waals surface area contributed by atoms with Gasteiger partial charge in [-0.05, 0) is 23.8 Å². The first-order valence-corrected chi connectivity index (χ1v) is 19.5. The molecule has 0 aliphatic rings. The zero-order chi connectivity index (χ0) is 33.9. The van der Waals surface area contributed by atoms with E-state index in [-0.39, 0.29) is 6.17 Å². The summed E-state index contributed by atoms with van der Waals surface area (Å²) in [6, 6.07) is 54.1. The van der Waals surface area contributed by atoms with Crippen molar-refractivity contribution < 1.29 is 0 Å². The van der Waals surface area contributed by atoms with E-state index in [0.29, 0.717) is 0 Å². The second kappa shape index (κ2) is 12.5. The van der Waals surface area contributed by atoms with Crippen molar-refractivity contribution in [1.29, 1.82) is 0 Å². The Morgan fingerprint density at radius 1 is 0.490 bits per heavy atom. The highest BCUT2D eigenvalue weighted by Crippen LogP contribution is 2.46. The lowest BCUT2D eigenvalue weighted by atomic mass is 10.0. The molecule has 0 saturated heterocycles. The average Bonchev–Trinajstić information content (AvgIpc) is 3.88. The first kappa shape index (κ1) is 30.6. The summed E-state index contributed by atoms with van der Waals surface area (Å²) in [5.74, 6) is 0. The highest BCUT2D eigenvalue weighted by molar-refractivity contribution is 7.27. The number of nitrogens with one attached hydrogen (secondary N) is 1. The number of benzene rings is 7. The van der Waals surface area contributed by atoms with E-state index in [1.165, 1.54) is 71.6 Å². The third-order valence-corrected chi connectivity index (χ3v) is 13.5. The van der Waals surface area contributed by atoms with Gasteiger partial charge < -0.3 is 5.73 Å². The van der Waals surface area contributed by atoms with Gasteiger partial charge in [0.15, 0.2) is 0 Å². The van der Waals surface area contributed by atoms with Crippen LogP contribution < -0.4 is 11.1 Å². The van der Waals surface area contributed by atoms with Crippen molar-refractivity contribution in [2.75, 3.05) is 0 Å². The SMILES string of the molecule is N[C@@H](NC(/N=C/c1cccc2c1sc1c(-c3cccc4c3sc3ccccc34)cccc12)c1cccc2sc3ccccc3c12)c1ccccc1. The van der Waals surface area contributed by atoms with E-state index in [9.17, 15) is 0 Å². The van der Waals surface area contributed by atoms with Gasteiger partial charge in [0.25, 0.3) is 0 Å². The molecule has 0 amide bonds. The molecule has 0 aliphatic heterocycles. The minimum absolute atomic E-state index is 0.368. The quantitative estimate of drug-likeness (QED) is 0.128. The maximum Gasteiger partial charge on any atom is 0.127 e. The molecule has 244 valence electrons. The Bertz CT molecular complexity index is 2930. The predicted molar refractivity (Wildman–Crippen MR) is 224 cm³/mol. The number of nitrogens with two attached hydrogens (primary N) is 1. The molecule has 10 aromatic rings. The second-order valence-corrected chi connectivity index (χ2v) is 16.0. The summed E-state index contributed by atoms with van der Waals surface area (Å²) in [5, 5.41) is 11.3. The van der Waals surface area contributed by atoms with Crippen LogP contribution in [0.2, 0.25) is 0 Å². The molecule has 0 bridgehead atoms. The van der Waals surface area contributed by atoms with E-state index in [4.69, 9.17) is 10.7 Å². The summed E-state index contributed by atoms with van der Waals surface area (Å²) in [7, 11) is 0. The molecule has 0 spiro atoms. The zero-order valence-electron chi connectivity index (χ0n) is 27.4. The molecule has 51 heavy (non-hydrogen) atoms. The van der Waals surface area contributed by atoms with Gasteiger partial charge in [-0.1, -0.05) is 133 Å². The molecule has 3 N–H and O–H groups in total. The summed E-state index contributed by atoms with van der Waals surface area (Å²) < 4.78 is 7.71. The lowest BCUT2D eigenvalue weighted by Gasteiger charge is -2.22. The van der Waals surface area contributed by atoms with Gasteiger partial charge in [-0.15, -0.1) is 34.0 Å². The molecule has 3 aromatic heterocycles. The molecule has 0 saturated carbocycles. The normalized spacial score (nSPS) is 13.4. The molecular weight excluding hydrogens is 679 g/mol. The minimum Gasteiger partial charge on any atom is -0.312 e. The van der Waals surface area contributed by atoms with Crippen molar-refractivity contribution in [2.24, 2.45) is 10.7 Å². The van der Waals surface area contributed by atoms with Gasteiger partial charge in [-0.25, -0.2) is 0 Å². The van der Waals surface area contributed by atoms with Crippen LogP contribution in [0.15, 0.2) is 157 Å². The fourth-order valence-corrected chi connectivity index (χ4v) is 11.1. The summed E-state index contributed by atoms with van der Waals surface area (Å²) in [5.41, 5.74) is 12.6. The number of thiophene rings is 3. The minimum atomic E-state index is -0.396. The Kier molecular flexibility index (Phi) is 7.52. The third kappa shape index (κ3) is 5.18. The smallest absolute Gasteiger partial charge is 0.127 e. The zero-order valence-corrected chi connectivity index (χ0v) is 29.9. The molecule has 7 aromatic carbocycles. The van der Waals surface area contributed by atoms with Crippen molar-refractivity contribution in [2.45, 2.75) is 12.3 Å².